The molecule has 0 spiro atoms. The van der Waals surface area contributed by atoms with Crippen molar-refractivity contribution in [2.24, 2.45) is 0 Å². The van der Waals surface area contributed by atoms with Crippen LogP contribution in [0.5, 0.6) is 11.5 Å². The first-order valence-corrected chi connectivity index (χ1v) is 7.77. The van der Waals surface area contributed by atoms with Gasteiger partial charge in [-0.25, -0.2) is 0 Å². The summed E-state index contributed by atoms with van der Waals surface area (Å²) in [6.07, 6.45) is 2.04. The van der Waals surface area contributed by atoms with E-state index in [0.717, 1.165) is 19.3 Å². The largest absolute Gasteiger partial charge is 0.486 e. The van der Waals surface area contributed by atoms with Crippen LogP contribution in [-0.2, 0) is 9.47 Å². The average Bonchev–Trinajstić information content (AvgIpc) is 2.44. The highest BCUT2D eigenvalue weighted by atomic mass is 35.5. The number of alkyl halides is 1. The van der Waals surface area contributed by atoms with Gasteiger partial charge >= 0.3 is 0 Å². The highest BCUT2D eigenvalue weighted by Crippen LogP contribution is 2.43. The zero-order valence-corrected chi connectivity index (χ0v) is 12.8. The van der Waals surface area contributed by atoms with Crippen LogP contribution in [0.2, 0.25) is 0 Å². The Morgan fingerprint density at radius 1 is 1.29 bits per heavy atom. The summed E-state index contributed by atoms with van der Waals surface area (Å²) >= 11 is 5.74. The molecule has 2 aliphatic rings. The quantitative estimate of drug-likeness (QED) is 0.514. The molecule has 0 aromatic heterocycles. The lowest BCUT2D eigenvalue weighted by Crippen LogP contribution is -2.63. The van der Waals surface area contributed by atoms with E-state index in [-0.39, 0.29) is 12.4 Å². The van der Waals surface area contributed by atoms with Crippen LogP contribution < -0.4 is 15.2 Å². The molecule has 2 heterocycles. The van der Waals surface area contributed by atoms with Crippen molar-refractivity contribution in [3.05, 3.63) is 18.2 Å². The number of rotatable bonds is 5. The van der Waals surface area contributed by atoms with Gasteiger partial charge in [0.2, 0.25) is 5.79 Å². The molecular formula is C15H20ClNO4. The number of hydrogen-bond acceptors (Lipinski definition) is 5. The summed E-state index contributed by atoms with van der Waals surface area (Å²) in [5.41, 5.74) is 6.43. The maximum Gasteiger partial charge on any atom is 0.214 e. The van der Waals surface area contributed by atoms with Gasteiger partial charge in [0.05, 0.1) is 0 Å². The van der Waals surface area contributed by atoms with Crippen LogP contribution in [0.1, 0.15) is 26.2 Å². The topological polar surface area (TPSA) is 62.9 Å². The summed E-state index contributed by atoms with van der Waals surface area (Å²) in [6.45, 7) is 2.26. The summed E-state index contributed by atoms with van der Waals surface area (Å²) in [5, 5.41) is 0. The minimum Gasteiger partial charge on any atom is -0.486 e. The van der Waals surface area contributed by atoms with Gasteiger partial charge in [0.25, 0.3) is 0 Å². The van der Waals surface area contributed by atoms with Crippen molar-refractivity contribution in [1.82, 2.24) is 0 Å². The standard InChI is InChI=1S/C15H20ClNO4/c1-10-20-15(21-10,6-2-3-7-16)14-9-18-12-5-4-11(17)8-13(12)19-14/h4-5,8,10,14H,2-3,6-7,9,17H2,1H3/t10?,14-,15?/m0/s1. The lowest BCUT2D eigenvalue weighted by molar-refractivity contribution is -0.469. The van der Waals surface area contributed by atoms with Crippen molar-refractivity contribution >= 4 is 17.3 Å². The first-order valence-electron chi connectivity index (χ1n) is 7.23. The summed E-state index contributed by atoms with van der Waals surface area (Å²) in [5.74, 6) is 1.22. The Morgan fingerprint density at radius 2 is 2.10 bits per heavy atom. The number of hydrogen-bond donors (Lipinski definition) is 1. The van der Waals surface area contributed by atoms with Crippen molar-refractivity contribution in [2.75, 3.05) is 18.2 Å². The zero-order chi connectivity index (χ0) is 14.9. The van der Waals surface area contributed by atoms with Crippen molar-refractivity contribution in [3.63, 3.8) is 0 Å². The average molecular weight is 314 g/mol. The Kier molecular flexibility index (Phi) is 4.15. The van der Waals surface area contributed by atoms with Gasteiger partial charge in [-0.05, 0) is 31.9 Å². The molecule has 0 saturated carbocycles. The van der Waals surface area contributed by atoms with Crippen molar-refractivity contribution < 1.29 is 18.9 Å². The highest BCUT2D eigenvalue weighted by Gasteiger charge is 2.53. The SMILES string of the molecule is CC1OC(CCCCCl)([C@@H]2COc3ccc(N)cc3O2)O1. The number of fused-ring (bicyclic) bond motifs is 1. The van der Waals surface area contributed by atoms with Gasteiger partial charge in [0.1, 0.15) is 6.61 Å². The van der Waals surface area contributed by atoms with Gasteiger partial charge in [-0.1, -0.05) is 0 Å². The minimum absolute atomic E-state index is 0.216. The van der Waals surface area contributed by atoms with Crippen molar-refractivity contribution in [2.45, 2.75) is 44.4 Å². The Labute approximate surface area is 129 Å². The molecule has 1 aromatic rings. The van der Waals surface area contributed by atoms with E-state index in [2.05, 4.69) is 0 Å². The number of benzene rings is 1. The van der Waals surface area contributed by atoms with E-state index >= 15 is 0 Å². The first-order chi connectivity index (χ1) is 10.1. The van der Waals surface area contributed by atoms with E-state index in [9.17, 15) is 0 Å². The van der Waals surface area contributed by atoms with Crippen LogP contribution in [0.3, 0.4) is 0 Å². The second-order valence-electron chi connectivity index (χ2n) is 5.38. The third-order valence-electron chi connectivity index (χ3n) is 3.76. The fourth-order valence-corrected chi connectivity index (χ4v) is 2.96. The van der Waals surface area contributed by atoms with E-state index < -0.39 is 5.79 Å². The zero-order valence-electron chi connectivity index (χ0n) is 12.0. The summed E-state index contributed by atoms with van der Waals surface area (Å²) in [4.78, 5) is 0. The van der Waals surface area contributed by atoms with Gasteiger partial charge in [-0.15, -0.1) is 11.6 Å². The molecule has 0 amide bonds. The molecule has 5 nitrogen and oxygen atoms in total. The van der Waals surface area contributed by atoms with E-state index in [4.69, 9.17) is 36.3 Å². The third-order valence-corrected chi connectivity index (χ3v) is 4.02. The second kappa shape index (κ2) is 5.91. The number of ether oxygens (including phenoxy) is 4. The lowest BCUT2D eigenvalue weighted by atomic mass is 10.00. The Hall–Kier alpha value is -1.17. The van der Waals surface area contributed by atoms with Crippen LogP contribution in [0.25, 0.3) is 0 Å². The van der Waals surface area contributed by atoms with Gasteiger partial charge in [0, 0.05) is 24.1 Å². The normalized spacial score (nSPS) is 30.8. The van der Waals surface area contributed by atoms with Crippen LogP contribution in [0.15, 0.2) is 18.2 Å². The van der Waals surface area contributed by atoms with Gasteiger partial charge in [-0.3, -0.25) is 0 Å². The fraction of sp³-hybridized carbons (Fsp3) is 0.600. The Bertz CT molecular complexity index is 504. The number of nitrogen functional groups attached to an aromatic ring is 1. The van der Waals surface area contributed by atoms with E-state index in [1.165, 1.54) is 0 Å². The molecule has 116 valence electrons. The minimum atomic E-state index is -0.742. The molecule has 1 saturated heterocycles. The van der Waals surface area contributed by atoms with E-state index in [1.54, 1.807) is 12.1 Å². The number of anilines is 1. The molecular weight excluding hydrogens is 294 g/mol. The molecule has 1 atom stereocenters. The lowest BCUT2D eigenvalue weighted by Gasteiger charge is -2.50. The maximum absolute atomic E-state index is 6.01. The number of unbranched alkanes of at least 4 members (excludes halogenated alkanes) is 1. The molecule has 0 bridgehead atoms. The summed E-state index contributed by atoms with van der Waals surface area (Å²) in [6, 6.07) is 5.36. The molecule has 21 heavy (non-hydrogen) atoms. The predicted octanol–water partition coefficient (Wildman–Crippen LogP) is 2.91. The summed E-state index contributed by atoms with van der Waals surface area (Å²) < 4.78 is 23.5. The maximum atomic E-state index is 6.01. The number of halogens is 1. The fourth-order valence-electron chi connectivity index (χ4n) is 2.77. The molecule has 0 radical (unpaired) electrons. The van der Waals surface area contributed by atoms with Crippen LogP contribution in [0, 0.1) is 0 Å². The molecule has 2 N–H and O–H groups in total. The van der Waals surface area contributed by atoms with Crippen LogP contribution in [0.4, 0.5) is 5.69 Å². The molecule has 2 aliphatic heterocycles. The van der Waals surface area contributed by atoms with Crippen molar-refractivity contribution in [1.29, 1.82) is 0 Å². The van der Waals surface area contributed by atoms with E-state index in [0.29, 0.717) is 29.7 Å². The molecule has 3 rings (SSSR count). The van der Waals surface area contributed by atoms with E-state index in [1.807, 2.05) is 13.0 Å². The van der Waals surface area contributed by atoms with Crippen LogP contribution in [-0.4, -0.2) is 30.7 Å². The van der Waals surface area contributed by atoms with Gasteiger partial charge in [0.15, 0.2) is 23.9 Å². The third kappa shape index (κ3) is 2.91. The first kappa shape index (κ1) is 14.8. The second-order valence-corrected chi connectivity index (χ2v) is 5.76. The molecule has 1 aromatic carbocycles. The van der Waals surface area contributed by atoms with Crippen molar-refractivity contribution in [3.8, 4) is 11.5 Å². The molecule has 0 aliphatic carbocycles. The monoisotopic (exact) mass is 313 g/mol. The Morgan fingerprint density at radius 3 is 2.81 bits per heavy atom. The summed E-state index contributed by atoms with van der Waals surface area (Å²) in [7, 11) is 0. The number of nitrogens with two attached hydrogens (primary N) is 1. The van der Waals surface area contributed by atoms with Gasteiger partial charge < -0.3 is 24.7 Å². The predicted molar refractivity (Wildman–Crippen MR) is 79.7 cm³/mol. The molecule has 6 heteroatoms. The Balaban J connectivity index is 1.73. The van der Waals surface area contributed by atoms with Gasteiger partial charge in [-0.2, -0.15) is 0 Å². The molecule has 0 unspecified atom stereocenters. The molecule has 1 fully saturated rings. The van der Waals surface area contributed by atoms with Crippen LogP contribution >= 0.6 is 11.6 Å². The smallest absolute Gasteiger partial charge is 0.214 e. The highest BCUT2D eigenvalue weighted by molar-refractivity contribution is 6.17.